The number of anilines is 1. The summed E-state index contributed by atoms with van der Waals surface area (Å²) in [6.45, 7) is 0. The number of hydrogen-bond acceptors (Lipinski definition) is 2. The summed E-state index contributed by atoms with van der Waals surface area (Å²) in [5.74, 6) is 0. The van der Waals surface area contributed by atoms with Gasteiger partial charge in [-0.25, -0.2) is 8.42 Å². The molecule has 0 N–H and O–H groups in total. The van der Waals surface area contributed by atoms with Crippen LogP contribution in [0.1, 0.15) is 5.56 Å². The van der Waals surface area contributed by atoms with Gasteiger partial charge in [0.15, 0.2) is 0 Å². The highest BCUT2D eigenvalue weighted by Gasteiger charge is 2.34. The van der Waals surface area contributed by atoms with E-state index in [1.807, 2.05) is 0 Å². The molecule has 0 heterocycles. The topological polar surface area (TPSA) is 37.4 Å². The van der Waals surface area contributed by atoms with E-state index >= 15 is 0 Å². The van der Waals surface area contributed by atoms with Crippen molar-refractivity contribution in [2.45, 2.75) is 11.1 Å². The van der Waals surface area contributed by atoms with E-state index in [1.165, 1.54) is 37.4 Å². The van der Waals surface area contributed by atoms with Crippen LogP contribution < -0.4 is 4.31 Å². The summed E-state index contributed by atoms with van der Waals surface area (Å²) >= 11 is 5.53. The molecule has 2 aromatic rings. The minimum Gasteiger partial charge on any atom is -0.269 e. The second-order valence-electron chi connectivity index (χ2n) is 4.45. The molecule has 0 radical (unpaired) electrons. The number of halogens is 4. The third-order valence-electron chi connectivity index (χ3n) is 3.02. The zero-order valence-corrected chi connectivity index (χ0v) is 12.9. The predicted molar refractivity (Wildman–Crippen MR) is 78.5 cm³/mol. The predicted octanol–water partition coefficient (Wildman–Crippen LogP) is 4.18. The third kappa shape index (κ3) is 3.20. The van der Waals surface area contributed by atoms with E-state index in [1.54, 1.807) is 6.07 Å². The maximum absolute atomic E-state index is 12.9. The van der Waals surface area contributed by atoms with Crippen LogP contribution in [0.15, 0.2) is 53.4 Å². The number of nitrogens with zero attached hydrogens (tertiary/aromatic N) is 1. The highest BCUT2D eigenvalue weighted by Crippen LogP contribution is 2.37. The van der Waals surface area contributed by atoms with Crippen molar-refractivity contribution in [3.63, 3.8) is 0 Å². The lowest BCUT2D eigenvalue weighted by Crippen LogP contribution is -2.26. The Bertz CT molecular complexity index is 776. The molecule has 0 unspecified atom stereocenters. The highest BCUT2D eigenvalue weighted by molar-refractivity contribution is 7.92. The van der Waals surface area contributed by atoms with E-state index < -0.39 is 26.8 Å². The van der Waals surface area contributed by atoms with Crippen LogP contribution >= 0.6 is 11.6 Å². The van der Waals surface area contributed by atoms with Gasteiger partial charge < -0.3 is 0 Å². The Morgan fingerprint density at radius 3 is 2.18 bits per heavy atom. The maximum Gasteiger partial charge on any atom is 0.417 e. The van der Waals surface area contributed by atoms with Crippen LogP contribution in [0.5, 0.6) is 0 Å². The molecule has 8 heteroatoms. The molecule has 0 aliphatic rings. The lowest BCUT2D eigenvalue weighted by molar-refractivity contribution is -0.137. The molecule has 2 aromatic carbocycles. The number of rotatable bonds is 3. The quantitative estimate of drug-likeness (QED) is 0.833. The fraction of sp³-hybridized carbons (Fsp3) is 0.143. The molecule has 22 heavy (non-hydrogen) atoms. The van der Waals surface area contributed by atoms with Crippen molar-refractivity contribution in [1.82, 2.24) is 0 Å². The third-order valence-corrected chi connectivity index (χ3v) is 5.15. The largest absolute Gasteiger partial charge is 0.417 e. The van der Waals surface area contributed by atoms with Gasteiger partial charge in [-0.05, 0) is 30.3 Å². The van der Waals surface area contributed by atoms with Crippen LogP contribution in [-0.2, 0) is 16.2 Å². The maximum atomic E-state index is 12.9. The molecule has 0 amide bonds. The first kappa shape index (κ1) is 16.6. The Labute approximate surface area is 131 Å². The van der Waals surface area contributed by atoms with Gasteiger partial charge in [0.05, 0.1) is 21.2 Å². The van der Waals surface area contributed by atoms with Crippen molar-refractivity contribution >= 4 is 27.3 Å². The average Bonchev–Trinajstić information content (AvgIpc) is 2.46. The number of sulfonamides is 1. The monoisotopic (exact) mass is 349 g/mol. The van der Waals surface area contributed by atoms with Crippen molar-refractivity contribution in [2.24, 2.45) is 0 Å². The smallest absolute Gasteiger partial charge is 0.269 e. The van der Waals surface area contributed by atoms with Crippen molar-refractivity contribution in [3.8, 4) is 0 Å². The molecule has 2 rings (SSSR count). The zero-order valence-electron chi connectivity index (χ0n) is 11.3. The van der Waals surface area contributed by atoms with Gasteiger partial charge in [0.1, 0.15) is 0 Å². The van der Waals surface area contributed by atoms with Crippen LogP contribution in [-0.4, -0.2) is 15.5 Å². The number of hydrogen-bond donors (Lipinski definition) is 0. The summed E-state index contributed by atoms with van der Waals surface area (Å²) in [6.07, 6.45) is -4.66. The summed E-state index contributed by atoms with van der Waals surface area (Å²) in [4.78, 5) is -0.0130. The highest BCUT2D eigenvalue weighted by atomic mass is 35.5. The molecule has 0 bridgehead atoms. The van der Waals surface area contributed by atoms with Crippen LogP contribution in [0.2, 0.25) is 5.02 Å². The van der Waals surface area contributed by atoms with Crippen molar-refractivity contribution in [1.29, 1.82) is 0 Å². The normalized spacial score (nSPS) is 12.2. The fourth-order valence-electron chi connectivity index (χ4n) is 1.82. The van der Waals surface area contributed by atoms with Gasteiger partial charge in [0.2, 0.25) is 0 Å². The van der Waals surface area contributed by atoms with Gasteiger partial charge >= 0.3 is 6.18 Å². The minimum atomic E-state index is -4.66. The van der Waals surface area contributed by atoms with Crippen molar-refractivity contribution in [3.05, 3.63) is 59.1 Å². The molecule has 0 fully saturated rings. The first-order valence-electron chi connectivity index (χ1n) is 6.05. The fourth-order valence-corrected chi connectivity index (χ4v) is 3.25. The SMILES string of the molecule is CN(c1ccc(Cl)c(C(F)(F)F)c1)S(=O)(=O)c1ccccc1. The number of benzene rings is 2. The van der Waals surface area contributed by atoms with Gasteiger partial charge in [-0.2, -0.15) is 13.2 Å². The Morgan fingerprint density at radius 2 is 1.64 bits per heavy atom. The molecule has 3 nitrogen and oxygen atoms in total. The van der Waals surface area contributed by atoms with E-state index in [-0.39, 0.29) is 10.6 Å². The standard InChI is InChI=1S/C14H11ClF3NO2S/c1-19(22(20,21)11-5-3-2-4-6-11)10-7-8-13(15)12(9-10)14(16,17)18/h2-9H,1H3. The van der Waals surface area contributed by atoms with E-state index in [0.29, 0.717) is 6.07 Å². The zero-order chi connectivity index (χ0) is 16.5. The molecule has 0 spiro atoms. The van der Waals surface area contributed by atoms with Crippen molar-refractivity contribution < 1.29 is 21.6 Å². The van der Waals surface area contributed by atoms with Gasteiger partial charge in [0.25, 0.3) is 10.0 Å². The van der Waals surface area contributed by atoms with Crippen LogP contribution in [0.25, 0.3) is 0 Å². The second kappa shape index (κ2) is 5.81. The molecule has 0 saturated heterocycles. The molecular formula is C14H11ClF3NO2S. The summed E-state index contributed by atoms with van der Waals surface area (Å²) < 4.78 is 64.1. The first-order chi connectivity index (χ1) is 10.1. The minimum absolute atomic E-state index is 0.0130. The molecule has 0 aliphatic carbocycles. The second-order valence-corrected chi connectivity index (χ2v) is 6.82. The average molecular weight is 350 g/mol. The van der Waals surface area contributed by atoms with Gasteiger partial charge in [-0.3, -0.25) is 4.31 Å². The van der Waals surface area contributed by atoms with E-state index in [4.69, 9.17) is 11.6 Å². The van der Waals surface area contributed by atoms with Gasteiger partial charge in [0, 0.05) is 7.05 Å². The van der Waals surface area contributed by atoms with Crippen LogP contribution in [0.3, 0.4) is 0 Å². The summed E-state index contributed by atoms with van der Waals surface area (Å²) in [5.41, 5.74) is -1.21. The van der Waals surface area contributed by atoms with Gasteiger partial charge in [-0.1, -0.05) is 29.8 Å². The Balaban J connectivity index is 2.49. The molecule has 0 saturated carbocycles. The van der Waals surface area contributed by atoms with Crippen molar-refractivity contribution in [2.75, 3.05) is 11.4 Å². The van der Waals surface area contributed by atoms with E-state index in [2.05, 4.69) is 0 Å². The molecule has 0 aromatic heterocycles. The first-order valence-corrected chi connectivity index (χ1v) is 7.86. The lowest BCUT2D eigenvalue weighted by atomic mass is 10.2. The Morgan fingerprint density at radius 1 is 1.05 bits per heavy atom. The summed E-state index contributed by atoms with van der Waals surface area (Å²) in [7, 11) is -2.76. The summed E-state index contributed by atoms with van der Waals surface area (Å²) in [5, 5.41) is -0.484. The molecule has 0 aliphatic heterocycles. The number of alkyl halides is 3. The van der Waals surface area contributed by atoms with E-state index in [9.17, 15) is 21.6 Å². The lowest BCUT2D eigenvalue weighted by Gasteiger charge is -2.21. The van der Waals surface area contributed by atoms with E-state index in [0.717, 1.165) is 10.4 Å². The molecular weight excluding hydrogens is 339 g/mol. The summed E-state index contributed by atoms with van der Waals surface area (Å²) in [6, 6.07) is 10.4. The Kier molecular flexibility index (Phi) is 4.39. The molecule has 0 atom stereocenters. The van der Waals surface area contributed by atoms with Crippen LogP contribution in [0, 0.1) is 0 Å². The Hall–Kier alpha value is -1.73. The van der Waals surface area contributed by atoms with Gasteiger partial charge in [-0.15, -0.1) is 0 Å². The van der Waals surface area contributed by atoms with Crippen LogP contribution in [0.4, 0.5) is 18.9 Å². The molecule has 118 valence electrons.